The van der Waals surface area contributed by atoms with Gasteiger partial charge in [-0.25, -0.2) is 9.19 Å². The molecular formula is C20H14N4OS. The average molecular weight is 358 g/mol. The number of rotatable bonds is 3. The van der Waals surface area contributed by atoms with Crippen LogP contribution in [0.2, 0.25) is 0 Å². The zero-order chi connectivity index (χ0) is 17.5. The van der Waals surface area contributed by atoms with Crippen molar-refractivity contribution in [2.75, 3.05) is 0 Å². The molecule has 4 aromatic heterocycles. The topological polar surface area (TPSA) is 63.6 Å². The molecule has 0 saturated heterocycles. The number of hydrogen-bond acceptors (Lipinski definition) is 3. The van der Waals surface area contributed by atoms with E-state index < -0.39 is 11.0 Å². The highest BCUT2D eigenvalue weighted by Crippen LogP contribution is 2.35. The summed E-state index contributed by atoms with van der Waals surface area (Å²) in [4.78, 5) is 12.6. The number of benzene rings is 1. The molecule has 5 aromatic rings. The summed E-state index contributed by atoms with van der Waals surface area (Å²) in [5.41, 5.74) is 3.71. The van der Waals surface area contributed by atoms with Crippen molar-refractivity contribution in [2.24, 2.45) is 0 Å². The van der Waals surface area contributed by atoms with Gasteiger partial charge in [-0.2, -0.15) is 0 Å². The fourth-order valence-electron chi connectivity index (χ4n) is 3.23. The molecule has 0 spiro atoms. The smallest absolute Gasteiger partial charge is 0.157 e. The van der Waals surface area contributed by atoms with Crippen LogP contribution in [0.15, 0.2) is 84.4 Å². The molecule has 0 aliphatic heterocycles. The zero-order valence-corrected chi connectivity index (χ0v) is 14.5. The lowest BCUT2D eigenvalue weighted by atomic mass is 10.1. The molecule has 1 unspecified atom stereocenters. The van der Waals surface area contributed by atoms with Gasteiger partial charge >= 0.3 is 0 Å². The van der Waals surface area contributed by atoms with Gasteiger partial charge in [-0.15, -0.1) is 0 Å². The Morgan fingerprint density at radius 2 is 1.81 bits per heavy atom. The van der Waals surface area contributed by atoms with E-state index in [2.05, 4.69) is 15.0 Å². The molecule has 1 N–H and O–H groups in total. The van der Waals surface area contributed by atoms with E-state index in [1.807, 2.05) is 60.9 Å². The standard InChI is InChI=1S/C20H14N4OS/c25-26(14-5-2-1-3-6-14)24-13-18(15-8-10-21-12-19(15)24)17-11-23-20-16(17)7-4-9-22-20/h1-13H,(H,22,23). The van der Waals surface area contributed by atoms with Crippen molar-refractivity contribution in [2.45, 2.75) is 4.90 Å². The molecule has 5 rings (SSSR count). The second-order valence-electron chi connectivity index (χ2n) is 5.93. The summed E-state index contributed by atoms with van der Waals surface area (Å²) in [5, 5.41) is 2.04. The number of aromatic amines is 1. The van der Waals surface area contributed by atoms with Crippen LogP contribution >= 0.6 is 0 Å². The normalized spacial score (nSPS) is 12.6. The van der Waals surface area contributed by atoms with E-state index in [1.54, 1.807) is 22.6 Å². The Morgan fingerprint density at radius 1 is 0.923 bits per heavy atom. The minimum atomic E-state index is -1.35. The average Bonchev–Trinajstić information content (AvgIpc) is 3.29. The highest BCUT2D eigenvalue weighted by molar-refractivity contribution is 7.83. The predicted octanol–water partition coefficient (Wildman–Crippen LogP) is 4.15. The molecule has 0 fully saturated rings. The van der Waals surface area contributed by atoms with Gasteiger partial charge in [0.2, 0.25) is 0 Å². The molecule has 0 saturated carbocycles. The third-order valence-corrected chi connectivity index (χ3v) is 5.77. The Bertz CT molecular complexity index is 1260. The fraction of sp³-hybridized carbons (Fsp3) is 0. The van der Waals surface area contributed by atoms with Gasteiger partial charge in [-0.1, -0.05) is 18.2 Å². The largest absolute Gasteiger partial charge is 0.346 e. The zero-order valence-electron chi connectivity index (χ0n) is 13.7. The van der Waals surface area contributed by atoms with Crippen molar-refractivity contribution < 1.29 is 4.21 Å². The summed E-state index contributed by atoms with van der Waals surface area (Å²) in [6, 6.07) is 15.3. The van der Waals surface area contributed by atoms with E-state index in [-0.39, 0.29) is 0 Å². The molecule has 0 bridgehead atoms. The lowest BCUT2D eigenvalue weighted by Crippen LogP contribution is -2.03. The van der Waals surface area contributed by atoms with Crippen molar-refractivity contribution in [3.63, 3.8) is 0 Å². The molecule has 1 atom stereocenters. The number of nitrogens with one attached hydrogen (secondary N) is 1. The second-order valence-corrected chi connectivity index (χ2v) is 7.29. The minimum absolute atomic E-state index is 0.750. The van der Waals surface area contributed by atoms with Crippen molar-refractivity contribution >= 4 is 32.9 Å². The van der Waals surface area contributed by atoms with Crippen molar-refractivity contribution in [3.05, 3.63) is 79.5 Å². The lowest BCUT2D eigenvalue weighted by Gasteiger charge is -2.04. The van der Waals surface area contributed by atoms with E-state index in [0.29, 0.717) is 0 Å². The van der Waals surface area contributed by atoms with Crippen LogP contribution < -0.4 is 0 Å². The second kappa shape index (κ2) is 5.93. The first-order chi connectivity index (χ1) is 12.8. The minimum Gasteiger partial charge on any atom is -0.346 e. The number of pyridine rings is 2. The maximum Gasteiger partial charge on any atom is 0.157 e. The van der Waals surface area contributed by atoms with Gasteiger partial charge in [0, 0.05) is 46.7 Å². The van der Waals surface area contributed by atoms with Gasteiger partial charge in [0.1, 0.15) is 5.65 Å². The lowest BCUT2D eigenvalue weighted by molar-refractivity contribution is 0.678. The predicted molar refractivity (Wildman–Crippen MR) is 103 cm³/mol. The summed E-state index contributed by atoms with van der Waals surface area (Å²) in [6.07, 6.45) is 9.16. The van der Waals surface area contributed by atoms with Gasteiger partial charge < -0.3 is 4.98 Å². The van der Waals surface area contributed by atoms with Crippen molar-refractivity contribution in [1.29, 1.82) is 0 Å². The van der Waals surface area contributed by atoms with E-state index in [4.69, 9.17) is 0 Å². The molecule has 1 aromatic carbocycles. The van der Waals surface area contributed by atoms with Crippen LogP contribution in [0.25, 0.3) is 33.1 Å². The number of H-pyrrole nitrogens is 1. The summed E-state index contributed by atoms with van der Waals surface area (Å²) < 4.78 is 14.9. The van der Waals surface area contributed by atoms with Crippen LogP contribution in [0.1, 0.15) is 0 Å². The fourth-order valence-corrected chi connectivity index (χ4v) is 4.37. The maximum atomic E-state index is 13.1. The molecule has 0 aliphatic rings. The first-order valence-corrected chi connectivity index (χ1v) is 9.28. The molecule has 26 heavy (non-hydrogen) atoms. The van der Waals surface area contributed by atoms with Gasteiger partial charge in [-0.05, 0) is 30.3 Å². The quantitative estimate of drug-likeness (QED) is 0.527. The first-order valence-electron chi connectivity index (χ1n) is 8.18. The number of nitrogens with zero attached hydrogens (tertiary/aromatic N) is 3. The van der Waals surface area contributed by atoms with Crippen LogP contribution in [-0.4, -0.2) is 23.1 Å². The maximum absolute atomic E-state index is 13.1. The van der Waals surface area contributed by atoms with Crippen molar-refractivity contribution in [3.8, 4) is 11.1 Å². The number of aromatic nitrogens is 4. The Balaban J connectivity index is 1.77. The summed E-state index contributed by atoms with van der Waals surface area (Å²) >= 11 is 0. The molecule has 5 nitrogen and oxygen atoms in total. The SMILES string of the molecule is O=S(c1ccccc1)n1cc(-c2c[nH]c3ncccc23)c2ccncc21. The summed E-state index contributed by atoms with van der Waals surface area (Å²) in [6.45, 7) is 0. The Hall–Kier alpha value is -3.25. The highest BCUT2D eigenvalue weighted by atomic mass is 32.2. The van der Waals surface area contributed by atoms with Gasteiger partial charge in [0.25, 0.3) is 0 Å². The molecular weight excluding hydrogens is 344 g/mol. The summed E-state index contributed by atoms with van der Waals surface area (Å²) in [7, 11) is -1.35. The Labute approximate surface area is 151 Å². The Kier molecular flexibility index (Phi) is 3.43. The third-order valence-electron chi connectivity index (χ3n) is 4.44. The summed E-state index contributed by atoms with van der Waals surface area (Å²) in [5.74, 6) is 0. The van der Waals surface area contributed by atoms with Crippen LogP contribution in [0.4, 0.5) is 0 Å². The first kappa shape index (κ1) is 15.0. The van der Waals surface area contributed by atoms with Crippen LogP contribution in [0.5, 0.6) is 0 Å². The molecule has 0 aliphatic carbocycles. The Morgan fingerprint density at radius 3 is 2.69 bits per heavy atom. The number of fused-ring (bicyclic) bond motifs is 2. The highest BCUT2D eigenvalue weighted by Gasteiger charge is 2.17. The molecule has 126 valence electrons. The van der Waals surface area contributed by atoms with Crippen LogP contribution in [-0.2, 0) is 11.0 Å². The van der Waals surface area contributed by atoms with E-state index in [1.165, 1.54) is 0 Å². The van der Waals surface area contributed by atoms with Crippen LogP contribution in [0.3, 0.4) is 0 Å². The molecule has 0 radical (unpaired) electrons. The van der Waals surface area contributed by atoms with E-state index >= 15 is 0 Å². The van der Waals surface area contributed by atoms with E-state index in [0.717, 1.165) is 38.0 Å². The number of hydrogen-bond donors (Lipinski definition) is 1. The van der Waals surface area contributed by atoms with E-state index in [9.17, 15) is 4.21 Å². The third kappa shape index (κ3) is 2.27. The van der Waals surface area contributed by atoms with Gasteiger partial charge in [-0.3, -0.25) is 8.96 Å². The van der Waals surface area contributed by atoms with Crippen LogP contribution in [0, 0.1) is 0 Å². The monoisotopic (exact) mass is 358 g/mol. The van der Waals surface area contributed by atoms with Crippen molar-refractivity contribution in [1.82, 2.24) is 18.9 Å². The van der Waals surface area contributed by atoms with Gasteiger partial charge in [0.15, 0.2) is 11.0 Å². The van der Waals surface area contributed by atoms with Gasteiger partial charge in [0.05, 0.1) is 16.6 Å². The molecule has 4 heterocycles. The molecule has 0 amide bonds. The molecule has 6 heteroatoms.